The highest BCUT2D eigenvalue weighted by molar-refractivity contribution is 6.30. The van der Waals surface area contributed by atoms with Crippen LogP contribution in [0.25, 0.3) is 0 Å². The fourth-order valence-electron chi connectivity index (χ4n) is 4.17. The van der Waals surface area contributed by atoms with Crippen molar-refractivity contribution in [3.8, 4) is 5.75 Å². The van der Waals surface area contributed by atoms with Gasteiger partial charge in [0, 0.05) is 35.4 Å². The molecule has 0 saturated heterocycles. The van der Waals surface area contributed by atoms with Crippen molar-refractivity contribution in [1.29, 1.82) is 0 Å². The van der Waals surface area contributed by atoms with Crippen molar-refractivity contribution in [3.05, 3.63) is 76.0 Å². The molecule has 1 N–H and O–H groups in total. The molecule has 0 aliphatic carbocycles. The van der Waals surface area contributed by atoms with E-state index in [0.717, 1.165) is 5.56 Å². The predicted octanol–water partition coefficient (Wildman–Crippen LogP) is 4.51. The zero-order chi connectivity index (χ0) is 25.4. The van der Waals surface area contributed by atoms with Gasteiger partial charge in [0.15, 0.2) is 0 Å². The Balaban J connectivity index is 1.68. The van der Waals surface area contributed by atoms with Gasteiger partial charge < -0.3 is 19.3 Å². The number of hydrogen-bond donors (Lipinski definition) is 1. The number of benzene rings is 2. The summed E-state index contributed by atoms with van der Waals surface area (Å²) in [6.45, 7) is 4.09. The largest absolute Gasteiger partial charge is 0.493 e. The van der Waals surface area contributed by atoms with Gasteiger partial charge in [0.05, 0.1) is 25.9 Å². The zero-order valence-corrected chi connectivity index (χ0v) is 20.9. The maximum absolute atomic E-state index is 13.2. The zero-order valence-electron chi connectivity index (χ0n) is 20.1. The lowest BCUT2D eigenvalue weighted by Gasteiger charge is -2.31. The Morgan fingerprint density at radius 3 is 2.49 bits per heavy atom. The third-order valence-electron chi connectivity index (χ3n) is 5.83. The van der Waals surface area contributed by atoms with Crippen molar-refractivity contribution in [1.82, 2.24) is 0 Å². The van der Waals surface area contributed by atoms with Crippen LogP contribution in [-0.2, 0) is 25.5 Å². The third kappa shape index (κ3) is 6.71. The molecule has 1 heterocycles. The molecule has 8 heteroatoms. The minimum atomic E-state index is -0.762. The number of methoxy groups -OCH3 is 1. The lowest BCUT2D eigenvalue weighted by atomic mass is 9.75. The van der Waals surface area contributed by atoms with Crippen molar-refractivity contribution in [2.45, 2.75) is 32.6 Å². The second-order valence-corrected chi connectivity index (χ2v) is 8.68. The molecule has 186 valence electrons. The second kappa shape index (κ2) is 12.5. The monoisotopic (exact) mass is 499 g/mol. The smallest absolute Gasteiger partial charge is 0.336 e. The third-order valence-corrected chi connectivity index (χ3v) is 6.06. The van der Waals surface area contributed by atoms with Gasteiger partial charge in [-0.3, -0.25) is 9.79 Å². The molecule has 1 aliphatic rings. The van der Waals surface area contributed by atoms with Crippen LogP contribution in [0.5, 0.6) is 5.75 Å². The summed E-state index contributed by atoms with van der Waals surface area (Å²) in [5, 5.41) is 9.49. The molecule has 0 fully saturated rings. The molecule has 0 aromatic heterocycles. The number of nitrogens with zero attached hydrogens (tertiary/aromatic N) is 1. The predicted molar refractivity (Wildman–Crippen MR) is 134 cm³/mol. The lowest BCUT2D eigenvalue weighted by Crippen LogP contribution is -2.36. The SMILES string of the molecule is COC(=O)C1C(C)=NC(C)=C(C(=O)OCCCOc2ccc(CCO)cc2)C1c1cccc(Cl)c1. The van der Waals surface area contributed by atoms with Gasteiger partial charge >= 0.3 is 11.9 Å². The molecule has 2 unspecified atom stereocenters. The first-order chi connectivity index (χ1) is 16.8. The number of rotatable bonds is 10. The topological polar surface area (TPSA) is 94.4 Å². The van der Waals surface area contributed by atoms with Crippen molar-refractivity contribution >= 4 is 29.3 Å². The molecule has 3 rings (SSSR count). The van der Waals surface area contributed by atoms with Gasteiger partial charge in [0.1, 0.15) is 11.7 Å². The standard InChI is InChI=1S/C27H30ClNO6/c1-17-23(26(31)33-3)25(20-6-4-7-21(28)16-20)24(18(2)29-17)27(32)35-15-5-14-34-22-10-8-19(9-11-22)12-13-30/h4,6-11,16,23,25,30H,5,12-15H2,1-3H3. The first kappa shape index (κ1) is 26.4. The van der Waals surface area contributed by atoms with Crippen LogP contribution in [0, 0.1) is 5.92 Å². The van der Waals surface area contributed by atoms with Gasteiger partial charge in [0.2, 0.25) is 0 Å². The van der Waals surface area contributed by atoms with Crippen molar-refractivity contribution in [3.63, 3.8) is 0 Å². The quantitative estimate of drug-likeness (QED) is 0.382. The number of halogens is 1. The highest BCUT2D eigenvalue weighted by Crippen LogP contribution is 2.40. The molecule has 7 nitrogen and oxygen atoms in total. The average Bonchev–Trinajstić information content (AvgIpc) is 2.84. The van der Waals surface area contributed by atoms with E-state index in [1.54, 1.807) is 32.0 Å². The number of aliphatic hydroxyl groups excluding tert-OH is 1. The van der Waals surface area contributed by atoms with Crippen molar-refractivity contribution < 1.29 is 28.9 Å². The van der Waals surface area contributed by atoms with Gasteiger partial charge in [0.25, 0.3) is 0 Å². The van der Waals surface area contributed by atoms with Gasteiger partial charge in [-0.05, 0) is 55.7 Å². The van der Waals surface area contributed by atoms with E-state index in [9.17, 15) is 9.59 Å². The summed E-state index contributed by atoms with van der Waals surface area (Å²) in [4.78, 5) is 30.3. The van der Waals surface area contributed by atoms with Crippen LogP contribution >= 0.6 is 11.6 Å². The Labute approximate surface area is 210 Å². The van der Waals surface area contributed by atoms with Crippen molar-refractivity contribution in [2.75, 3.05) is 26.9 Å². The Bertz CT molecular complexity index is 1110. The van der Waals surface area contributed by atoms with Crippen LogP contribution in [0.3, 0.4) is 0 Å². The van der Waals surface area contributed by atoms with Gasteiger partial charge in [-0.25, -0.2) is 4.79 Å². The Morgan fingerprint density at radius 2 is 1.83 bits per heavy atom. The molecular formula is C27H30ClNO6. The van der Waals surface area contributed by atoms with E-state index in [2.05, 4.69) is 4.99 Å². The van der Waals surface area contributed by atoms with Gasteiger partial charge in [-0.1, -0.05) is 35.9 Å². The molecular weight excluding hydrogens is 470 g/mol. The molecule has 0 radical (unpaired) electrons. The van der Waals surface area contributed by atoms with Crippen LogP contribution in [0.15, 0.2) is 64.8 Å². The highest BCUT2D eigenvalue weighted by Gasteiger charge is 2.42. The maximum Gasteiger partial charge on any atom is 0.336 e. The molecule has 0 amide bonds. The number of hydrogen-bond acceptors (Lipinski definition) is 7. The molecule has 35 heavy (non-hydrogen) atoms. The molecule has 1 aliphatic heterocycles. The second-order valence-electron chi connectivity index (χ2n) is 8.24. The summed E-state index contributed by atoms with van der Waals surface area (Å²) < 4.78 is 16.3. The van der Waals surface area contributed by atoms with E-state index in [-0.39, 0.29) is 13.2 Å². The van der Waals surface area contributed by atoms with Crippen LogP contribution in [0.1, 0.15) is 37.3 Å². The first-order valence-corrected chi connectivity index (χ1v) is 11.8. The maximum atomic E-state index is 13.2. The van der Waals surface area contributed by atoms with E-state index in [4.69, 9.17) is 30.9 Å². The van der Waals surface area contributed by atoms with Crippen molar-refractivity contribution in [2.24, 2.45) is 10.9 Å². The Hall–Kier alpha value is -3.16. The summed E-state index contributed by atoms with van der Waals surface area (Å²) in [6, 6.07) is 14.6. The average molecular weight is 500 g/mol. The van der Waals surface area contributed by atoms with Gasteiger partial charge in [-0.2, -0.15) is 0 Å². The van der Waals surface area contributed by atoms with E-state index < -0.39 is 23.8 Å². The van der Waals surface area contributed by atoms with E-state index in [1.165, 1.54) is 7.11 Å². The lowest BCUT2D eigenvalue weighted by molar-refractivity contribution is -0.144. The Morgan fingerprint density at radius 1 is 1.09 bits per heavy atom. The van der Waals surface area contributed by atoms with Crippen LogP contribution in [0.4, 0.5) is 0 Å². The number of carbonyl (C=O) groups excluding carboxylic acids is 2. The molecule has 2 aromatic rings. The minimum Gasteiger partial charge on any atom is -0.493 e. The van der Waals surface area contributed by atoms with Crippen LogP contribution in [-0.4, -0.2) is 49.7 Å². The summed E-state index contributed by atoms with van der Waals surface area (Å²) in [5.41, 5.74) is 3.11. The molecule has 0 saturated carbocycles. The number of aliphatic hydroxyl groups is 1. The number of aliphatic imine (C=N–C) groups is 1. The fourth-order valence-corrected chi connectivity index (χ4v) is 4.37. The normalized spacial score (nSPS) is 17.6. The fraction of sp³-hybridized carbons (Fsp3) is 0.370. The van der Waals surface area contributed by atoms with E-state index >= 15 is 0 Å². The van der Waals surface area contributed by atoms with Crippen LogP contribution < -0.4 is 4.74 Å². The summed E-state index contributed by atoms with van der Waals surface area (Å²) in [6.07, 6.45) is 1.09. The number of ether oxygens (including phenoxy) is 3. The highest BCUT2D eigenvalue weighted by atomic mass is 35.5. The first-order valence-electron chi connectivity index (χ1n) is 11.4. The summed E-state index contributed by atoms with van der Waals surface area (Å²) >= 11 is 6.21. The molecule has 2 atom stereocenters. The van der Waals surface area contributed by atoms with Gasteiger partial charge in [-0.15, -0.1) is 0 Å². The minimum absolute atomic E-state index is 0.102. The van der Waals surface area contributed by atoms with Crippen LogP contribution in [0.2, 0.25) is 5.02 Å². The molecule has 0 bridgehead atoms. The molecule has 2 aromatic carbocycles. The Kier molecular flexibility index (Phi) is 9.46. The summed E-state index contributed by atoms with van der Waals surface area (Å²) in [7, 11) is 1.31. The van der Waals surface area contributed by atoms with E-state index in [0.29, 0.717) is 52.8 Å². The number of allylic oxidation sites excluding steroid dienone is 1. The number of esters is 2. The summed E-state index contributed by atoms with van der Waals surface area (Å²) in [5.74, 6) is -1.70. The van der Waals surface area contributed by atoms with E-state index in [1.807, 2.05) is 30.3 Å². The molecule has 0 spiro atoms. The number of carbonyl (C=O) groups is 2.